The van der Waals surface area contributed by atoms with Gasteiger partial charge in [0.15, 0.2) is 5.96 Å². The molecule has 0 unspecified atom stereocenters. The van der Waals surface area contributed by atoms with Crippen molar-refractivity contribution in [2.24, 2.45) is 4.99 Å². The maximum absolute atomic E-state index is 5.15. The SMILES string of the molecule is CCc1nncn1CCNC(=NCC(C)(C)N1CCCCC1)NCCOC. The summed E-state index contributed by atoms with van der Waals surface area (Å²) in [5, 5.41) is 14.9. The van der Waals surface area contributed by atoms with Crippen LogP contribution in [0.4, 0.5) is 0 Å². The Morgan fingerprint density at radius 2 is 1.96 bits per heavy atom. The zero-order chi connectivity index (χ0) is 19.5. The van der Waals surface area contributed by atoms with Gasteiger partial charge in [-0.15, -0.1) is 10.2 Å². The van der Waals surface area contributed by atoms with Crippen LogP contribution in [0.3, 0.4) is 0 Å². The summed E-state index contributed by atoms with van der Waals surface area (Å²) < 4.78 is 7.23. The zero-order valence-corrected chi connectivity index (χ0v) is 17.5. The van der Waals surface area contributed by atoms with Crippen molar-refractivity contribution in [1.82, 2.24) is 30.3 Å². The van der Waals surface area contributed by atoms with Crippen molar-refractivity contribution in [3.8, 4) is 0 Å². The Labute approximate surface area is 163 Å². The van der Waals surface area contributed by atoms with Gasteiger partial charge in [0.25, 0.3) is 0 Å². The number of aromatic nitrogens is 3. The van der Waals surface area contributed by atoms with E-state index in [-0.39, 0.29) is 5.54 Å². The van der Waals surface area contributed by atoms with Gasteiger partial charge in [-0.2, -0.15) is 0 Å². The lowest BCUT2D eigenvalue weighted by Gasteiger charge is -2.40. The van der Waals surface area contributed by atoms with Gasteiger partial charge in [0.2, 0.25) is 0 Å². The molecule has 2 N–H and O–H groups in total. The van der Waals surface area contributed by atoms with Gasteiger partial charge in [0.1, 0.15) is 12.2 Å². The van der Waals surface area contributed by atoms with Crippen molar-refractivity contribution in [3.63, 3.8) is 0 Å². The van der Waals surface area contributed by atoms with Crippen molar-refractivity contribution in [1.29, 1.82) is 0 Å². The van der Waals surface area contributed by atoms with Crippen molar-refractivity contribution in [2.45, 2.75) is 58.5 Å². The molecule has 154 valence electrons. The van der Waals surface area contributed by atoms with Gasteiger partial charge in [-0.3, -0.25) is 9.89 Å². The normalized spacial score (nSPS) is 16.5. The molecule has 0 aromatic carbocycles. The first kappa shape index (κ1) is 21.6. The number of nitrogens with zero attached hydrogens (tertiary/aromatic N) is 5. The van der Waals surface area contributed by atoms with Gasteiger partial charge in [0, 0.05) is 38.7 Å². The Morgan fingerprint density at radius 1 is 1.22 bits per heavy atom. The van der Waals surface area contributed by atoms with E-state index in [1.54, 1.807) is 13.4 Å². The van der Waals surface area contributed by atoms with Crippen LogP contribution in [0.2, 0.25) is 0 Å². The summed E-state index contributed by atoms with van der Waals surface area (Å²) in [6.07, 6.45) is 6.61. The lowest BCUT2D eigenvalue weighted by atomic mass is 9.99. The molecule has 0 spiro atoms. The summed E-state index contributed by atoms with van der Waals surface area (Å²) in [7, 11) is 1.71. The van der Waals surface area contributed by atoms with Gasteiger partial charge in [-0.25, -0.2) is 0 Å². The third-order valence-electron chi connectivity index (χ3n) is 5.09. The molecule has 8 heteroatoms. The molecule has 2 heterocycles. The van der Waals surface area contributed by atoms with Crippen LogP contribution < -0.4 is 10.6 Å². The fourth-order valence-corrected chi connectivity index (χ4v) is 3.35. The molecule has 1 fully saturated rings. The molecule has 0 aliphatic carbocycles. The van der Waals surface area contributed by atoms with Crippen LogP contribution in [0.15, 0.2) is 11.3 Å². The minimum atomic E-state index is 0.0694. The Balaban J connectivity index is 1.90. The van der Waals surface area contributed by atoms with E-state index in [0.29, 0.717) is 6.61 Å². The van der Waals surface area contributed by atoms with Crippen LogP contribution in [0.5, 0.6) is 0 Å². The number of ether oxygens (including phenoxy) is 1. The van der Waals surface area contributed by atoms with E-state index in [4.69, 9.17) is 9.73 Å². The van der Waals surface area contributed by atoms with E-state index in [9.17, 15) is 0 Å². The number of aryl methyl sites for hydroxylation is 1. The van der Waals surface area contributed by atoms with E-state index in [2.05, 4.69) is 51.1 Å². The number of nitrogens with one attached hydrogen (secondary N) is 2. The smallest absolute Gasteiger partial charge is 0.191 e. The van der Waals surface area contributed by atoms with Crippen molar-refractivity contribution >= 4 is 5.96 Å². The number of methoxy groups -OCH3 is 1. The number of hydrogen-bond donors (Lipinski definition) is 2. The number of piperidine rings is 1. The second kappa shape index (κ2) is 11.2. The monoisotopic (exact) mass is 379 g/mol. The molecule has 0 saturated carbocycles. The van der Waals surface area contributed by atoms with Gasteiger partial charge < -0.3 is 19.9 Å². The Hall–Kier alpha value is -1.67. The summed E-state index contributed by atoms with van der Waals surface area (Å²) in [4.78, 5) is 7.43. The van der Waals surface area contributed by atoms with E-state index >= 15 is 0 Å². The number of hydrogen-bond acceptors (Lipinski definition) is 5. The minimum Gasteiger partial charge on any atom is -0.383 e. The van der Waals surface area contributed by atoms with Crippen molar-refractivity contribution < 1.29 is 4.74 Å². The molecule has 1 aromatic heterocycles. The number of rotatable bonds is 10. The maximum atomic E-state index is 5.15. The highest BCUT2D eigenvalue weighted by Gasteiger charge is 2.27. The van der Waals surface area contributed by atoms with Crippen molar-refractivity contribution in [2.75, 3.05) is 46.4 Å². The molecule has 0 amide bonds. The third kappa shape index (κ3) is 7.10. The maximum Gasteiger partial charge on any atom is 0.191 e. The van der Waals surface area contributed by atoms with E-state index in [1.807, 2.05) is 0 Å². The fourth-order valence-electron chi connectivity index (χ4n) is 3.35. The first-order chi connectivity index (χ1) is 13.1. The first-order valence-electron chi connectivity index (χ1n) is 10.2. The molecule has 0 bridgehead atoms. The Morgan fingerprint density at radius 3 is 2.67 bits per heavy atom. The summed E-state index contributed by atoms with van der Waals surface area (Å²) in [5.41, 5.74) is 0.0694. The number of likely N-dealkylation sites (tertiary alicyclic amines) is 1. The first-order valence-corrected chi connectivity index (χ1v) is 10.2. The van der Waals surface area contributed by atoms with E-state index < -0.39 is 0 Å². The molecule has 1 saturated heterocycles. The number of guanidine groups is 1. The second-order valence-electron chi connectivity index (χ2n) is 7.67. The van der Waals surface area contributed by atoms with Crippen LogP contribution in [-0.4, -0.2) is 77.6 Å². The molecule has 8 nitrogen and oxygen atoms in total. The fraction of sp³-hybridized carbons (Fsp3) is 0.842. The van der Waals surface area contributed by atoms with Crippen LogP contribution >= 0.6 is 0 Å². The zero-order valence-electron chi connectivity index (χ0n) is 17.5. The second-order valence-corrected chi connectivity index (χ2v) is 7.67. The van der Waals surface area contributed by atoms with Crippen LogP contribution in [0.1, 0.15) is 45.9 Å². The molecule has 0 atom stereocenters. The minimum absolute atomic E-state index is 0.0694. The van der Waals surface area contributed by atoms with Crippen LogP contribution in [-0.2, 0) is 17.7 Å². The van der Waals surface area contributed by atoms with Gasteiger partial charge in [-0.05, 0) is 39.8 Å². The van der Waals surface area contributed by atoms with E-state index in [1.165, 1.54) is 32.4 Å². The highest BCUT2D eigenvalue weighted by atomic mass is 16.5. The third-order valence-corrected chi connectivity index (χ3v) is 5.09. The Bertz CT molecular complexity index is 564. The molecular formula is C19H37N7O. The van der Waals surface area contributed by atoms with Gasteiger partial charge in [0.05, 0.1) is 13.2 Å². The summed E-state index contributed by atoms with van der Waals surface area (Å²) in [6, 6.07) is 0. The van der Waals surface area contributed by atoms with Crippen LogP contribution in [0, 0.1) is 0 Å². The lowest BCUT2D eigenvalue weighted by Crippen LogP contribution is -2.50. The standard InChI is InChI=1S/C19H37N7O/c1-5-17-24-23-16-25(17)13-9-20-18(21-10-14-27-4)22-15-19(2,3)26-11-7-6-8-12-26/h16H,5-15H2,1-4H3,(H2,20,21,22). The average molecular weight is 380 g/mol. The summed E-state index contributed by atoms with van der Waals surface area (Å²) in [6.45, 7) is 12.8. The predicted molar refractivity (Wildman–Crippen MR) is 109 cm³/mol. The highest BCUT2D eigenvalue weighted by molar-refractivity contribution is 5.79. The molecule has 1 aliphatic rings. The Kier molecular flexibility index (Phi) is 9.00. The van der Waals surface area contributed by atoms with Gasteiger partial charge in [-0.1, -0.05) is 13.3 Å². The molecule has 1 aromatic rings. The van der Waals surface area contributed by atoms with Crippen LogP contribution in [0.25, 0.3) is 0 Å². The average Bonchev–Trinajstić information content (AvgIpc) is 3.14. The summed E-state index contributed by atoms with van der Waals surface area (Å²) in [5.74, 6) is 1.84. The molecule has 1 aliphatic heterocycles. The van der Waals surface area contributed by atoms with Crippen molar-refractivity contribution in [3.05, 3.63) is 12.2 Å². The molecule has 2 rings (SSSR count). The highest BCUT2D eigenvalue weighted by Crippen LogP contribution is 2.20. The molecular weight excluding hydrogens is 342 g/mol. The quantitative estimate of drug-likeness (QED) is 0.362. The topological polar surface area (TPSA) is 79.6 Å². The summed E-state index contributed by atoms with van der Waals surface area (Å²) >= 11 is 0. The van der Waals surface area contributed by atoms with E-state index in [0.717, 1.165) is 44.4 Å². The van der Waals surface area contributed by atoms with Gasteiger partial charge >= 0.3 is 0 Å². The molecule has 0 radical (unpaired) electrons. The lowest BCUT2D eigenvalue weighted by molar-refractivity contribution is 0.102. The number of aliphatic imine (C=N–C) groups is 1. The molecule has 27 heavy (non-hydrogen) atoms. The predicted octanol–water partition coefficient (Wildman–Crippen LogP) is 1.29. The largest absolute Gasteiger partial charge is 0.383 e.